The summed E-state index contributed by atoms with van der Waals surface area (Å²) < 4.78 is 5.63. The molecule has 1 aliphatic heterocycles. The van der Waals surface area contributed by atoms with Gasteiger partial charge in [-0.15, -0.1) is 0 Å². The van der Waals surface area contributed by atoms with Crippen molar-refractivity contribution in [2.45, 2.75) is 26.3 Å². The van der Waals surface area contributed by atoms with Crippen molar-refractivity contribution in [2.75, 3.05) is 26.2 Å². The van der Waals surface area contributed by atoms with Crippen molar-refractivity contribution in [3.8, 4) is 0 Å². The molecule has 1 aromatic rings. The molecule has 96 valence electrons. The zero-order chi connectivity index (χ0) is 12.3. The summed E-state index contributed by atoms with van der Waals surface area (Å²) in [5.74, 6) is 1.58. The van der Waals surface area contributed by atoms with Crippen LogP contribution >= 0.6 is 11.6 Å². The van der Waals surface area contributed by atoms with Crippen molar-refractivity contribution in [2.24, 2.45) is 5.92 Å². The minimum atomic E-state index is 0.356. The lowest BCUT2D eigenvalue weighted by molar-refractivity contribution is 0.110. The van der Waals surface area contributed by atoms with Crippen LogP contribution in [0, 0.1) is 5.92 Å². The van der Waals surface area contributed by atoms with Gasteiger partial charge >= 0.3 is 0 Å². The van der Waals surface area contributed by atoms with Crippen LogP contribution in [0.4, 0.5) is 0 Å². The molecule has 2 rings (SSSR count). The van der Waals surface area contributed by atoms with Crippen LogP contribution in [0.25, 0.3) is 0 Å². The standard InChI is InChI=1S/C13H21ClN2O/c1-3-10(2)13(11-4-5-12(14)17-11)16-8-6-15-7-9-16/h4-5,10,13,15H,3,6-9H2,1-2H3/t10?,13-/m0/s1. The van der Waals surface area contributed by atoms with Crippen molar-refractivity contribution >= 4 is 11.6 Å². The third-order valence-electron chi connectivity index (χ3n) is 3.61. The maximum atomic E-state index is 5.89. The third-order valence-corrected chi connectivity index (χ3v) is 3.82. The molecule has 1 saturated heterocycles. The first kappa shape index (κ1) is 12.9. The number of nitrogens with zero attached hydrogens (tertiary/aromatic N) is 1. The number of rotatable bonds is 4. The monoisotopic (exact) mass is 256 g/mol. The Morgan fingerprint density at radius 2 is 2.12 bits per heavy atom. The van der Waals surface area contributed by atoms with Gasteiger partial charge in [0.2, 0.25) is 0 Å². The fourth-order valence-corrected chi connectivity index (χ4v) is 2.64. The van der Waals surface area contributed by atoms with Crippen LogP contribution in [0.3, 0.4) is 0 Å². The number of halogens is 1. The summed E-state index contributed by atoms with van der Waals surface area (Å²) in [5.41, 5.74) is 0. The highest BCUT2D eigenvalue weighted by atomic mass is 35.5. The van der Waals surface area contributed by atoms with Crippen LogP contribution in [0.15, 0.2) is 16.5 Å². The van der Waals surface area contributed by atoms with Gasteiger partial charge in [0.05, 0.1) is 6.04 Å². The van der Waals surface area contributed by atoms with Gasteiger partial charge in [-0.05, 0) is 29.7 Å². The van der Waals surface area contributed by atoms with Crippen LogP contribution < -0.4 is 5.32 Å². The van der Waals surface area contributed by atoms with E-state index < -0.39 is 0 Å². The molecular formula is C13H21ClN2O. The zero-order valence-corrected chi connectivity index (χ0v) is 11.3. The van der Waals surface area contributed by atoms with Crippen LogP contribution in [-0.2, 0) is 0 Å². The highest BCUT2D eigenvalue weighted by molar-refractivity contribution is 6.28. The lowest BCUT2D eigenvalue weighted by Crippen LogP contribution is -2.46. The van der Waals surface area contributed by atoms with E-state index in [2.05, 4.69) is 24.1 Å². The van der Waals surface area contributed by atoms with Gasteiger partial charge in [0.15, 0.2) is 5.22 Å². The van der Waals surface area contributed by atoms with Gasteiger partial charge in [0.1, 0.15) is 5.76 Å². The fourth-order valence-electron chi connectivity index (χ4n) is 2.49. The first-order valence-electron chi connectivity index (χ1n) is 6.42. The van der Waals surface area contributed by atoms with Crippen molar-refractivity contribution in [3.05, 3.63) is 23.1 Å². The number of hydrogen-bond donors (Lipinski definition) is 1. The van der Waals surface area contributed by atoms with Gasteiger partial charge in [-0.2, -0.15) is 0 Å². The summed E-state index contributed by atoms with van der Waals surface area (Å²) in [6, 6.07) is 4.21. The number of furan rings is 1. The summed E-state index contributed by atoms with van der Waals surface area (Å²) in [5, 5.41) is 3.87. The fraction of sp³-hybridized carbons (Fsp3) is 0.692. The van der Waals surface area contributed by atoms with Gasteiger partial charge in [-0.1, -0.05) is 20.3 Å². The van der Waals surface area contributed by atoms with E-state index in [4.69, 9.17) is 16.0 Å². The van der Waals surface area contributed by atoms with Crippen molar-refractivity contribution in [1.29, 1.82) is 0 Å². The predicted molar refractivity (Wildman–Crippen MR) is 70.4 cm³/mol. The van der Waals surface area contributed by atoms with Crippen molar-refractivity contribution in [3.63, 3.8) is 0 Å². The first-order chi connectivity index (χ1) is 8.22. The lowest BCUT2D eigenvalue weighted by Gasteiger charge is -2.36. The largest absolute Gasteiger partial charge is 0.448 e. The molecule has 0 radical (unpaired) electrons. The molecule has 0 aliphatic carbocycles. The van der Waals surface area contributed by atoms with Crippen molar-refractivity contribution < 1.29 is 4.42 Å². The molecule has 1 unspecified atom stereocenters. The average Bonchev–Trinajstić information content (AvgIpc) is 2.77. The van der Waals surface area contributed by atoms with Gasteiger partial charge < -0.3 is 9.73 Å². The van der Waals surface area contributed by atoms with E-state index in [9.17, 15) is 0 Å². The highest BCUT2D eigenvalue weighted by Gasteiger charge is 2.28. The molecule has 0 saturated carbocycles. The van der Waals surface area contributed by atoms with Gasteiger partial charge in [0, 0.05) is 26.2 Å². The molecule has 3 nitrogen and oxygen atoms in total. The molecule has 17 heavy (non-hydrogen) atoms. The Morgan fingerprint density at radius 1 is 1.41 bits per heavy atom. The van der Waals surface area contributed by atoms with Gasteiger partial charge in [-0.25, -0.2) is 0 Å². The molecule has 2 heterocycles. The topological polar surface area (TPSA) is 28.4 Å². The maximum absolute atomic E-state index is 5.89. The Labute approximate surface area is 108 Å². The second-order valence-corrected chi connectivity index (χ2v) is 5.13. The molecule has 1 N–H and O–H groups in total. The van der Waals surface area contributed by atoms with E-state index in [0.29, 0.717) is 17.2 Å². The van der Waals surface area contributed by atoms with E-state index in [1.54, 1.807) is 0 Å². The highest BCUT2D eigenvalue weighted by Crippen LogP contribution is 2.33. The SMILES string of the molecule is CCC(C)[C@@H](c1ccc(Cl)o1)N1CCNCC1. The molecule has 1 fully saturated rings. The summed E-state index contributed by atoms with van der Waals surface area (Å²) in [4.78, 5) is 2.50. The Balaban J connectivity index is 2.17. The Kier molecular flexibility index (Phi) is 4.48. The summed E-state index contributed by atoms with van der Waals surface area (Å²) in [7, 11) is 0. The van der Waals surface area contributed by atoms with Crippen LogP contribution in [0.2, 0.25) is 5.22 Å². The van der Waals surface area contributed by atoms with E-state index in [-0.39, 0.29) is 0 Å². The number of piperazine rings is 1. The number of nitrogens with one attached hydrogen (secondary N) is 1. The average molecular weight is 257 g/mol. The van der Waals surface area contributed by atoms with Gasteiger partial charge in [0.25, 0.3) is 0 Å². The molecule has 1 aromatic heterocycles. The first-order valence-corrected chi connectivity index (χ1v) is 6.80. The molecule has 4 heteroatoms. The van der Waals surface area contributed by atoms with E-state index in [0.717, 1.165) is 38.4 Å². The Hall–Kier alpha value is -0.510. The second-order valence-electron chi connectivity index (χ2n) is 4.76. The van der Waals surface area contributed by atoms with Crippen LogP contribution in [0.1, 0.15) is 32.1 Å². The maximum Gasteiger partial charge on any atom is 0.193 e. The molecule has 0 aromatic carbocycles. The van der Waals surface area contributed by atoms with Crippen LogP contribution in [0.5, 0.6) is 0 Å². The summed E-state index contributed by atoms with van der Waals surface area (Å²) >= 11 is 5.89. The Bertz CT molecular complexity index is 347. The minimum absolute atomic E-state index is 0.356. The third kappa shape index (κ3) is 3.03. The van der Waals surface area contributed by atoms with E-state index in [1.807, 2.05) is 12.1 Å². The molecule has 0 bridgehead atoms. The quantitative estimate of drug-likeness (QED) is 0.898. The van der Waals surface area contributed by atoms with Crippen molar-refractivity contribution in [1.82, 2.24) is 10.2 Å². The smallest absolute Gasteiger partial charge is 0.193 e. The Morgan fingerprint density at radius 3 is 2.65 bits per heavy atom. The normalized spacial score (nSPS) is 21.4. The summed E-state index contributed by atoms with van der Waals surface area (Å²) in [6.45, 7) is 8.77. The second kappa shape index (κ2) is 5.89. The molecular weight excluding hydrogens is 236 g/mol. The molecule has 0 amide bonds. The molecule has 1 aliphatic rings. The van der Waals surface area contributed by atoms with E-state index in [1.165, 1.54) is 0 Å². The predicted octanol–water partition coefficient (Wildman–Crippen LogP) is 2.93. The van der Waals surface area contributed by atoms with E-state index >= 15 is 0 Å². The minimum Gasteiger partial charge on any atom is -0.448 e. The van der Waals surface area contributed by atoms with Gasteiger partial charge in [-0.3, -0.25) is 4.90 Å². The summed E-state index contributed by atoms with van der Waals surface area (Å²) in [6.07, 6.45) is 1.15. The number of hydrogen-bond acceptors (Lipinski definition) is 3. The van der Waals surface area contributed by atoms with Crippen LogP contribution in [-0.4, -0.2) is 31.1 Å². The lowest BCUT2D eigenvalue weighted by atomic mass is 9.95. The molecule has 0 spiro atoms. The zero-order valence-electron chi connectivity index (χ0n) is 10.6. The molecule has 2 atom stereocenters.